The molecule has 1 aromatic carbocycles. The molecule has 0 fully saturated rings. The third kappa shape index (κ3) is 3.52. The van der Waals surface area contributed by atoms with Crippen molar-refractivity contribution in [3.8, 4) is 16.9 Å². The highest BCUT2D eigenvalue weighted by atomic mass is 19.3. The van der Waals surface area contributed by atoms with E-state index in [1.165, 1.54) is 12.1 Å². The van der Waals surface area contributed by atoms with Gasteiger partial charge in [0.15, 0.2) is 0 Å². The molecule has 0 spiro atoms. The Morgan fingerprint density at radius 2 is 2.00 bits per heavy atom. The molecule has 4 nitrogen and oxygen atoms in total. The summed E-state index contributed by atoms with van der Waals surface area (Å²) in [5.74, 6) is -0.812. The Morgan fingerprint density at radius 1 is 1.18 bits per heavy atom. The number of benzene rings is 1. The molecular weight excluding hydrogens is 367 g/mol. The van der Waals surface area contributed by atoms with Crippen LogP contribution in [0.4, 0.5) is 13.2 Å². The van der Waals surface area contributed by atoms with E-state index in [4.69, 9.17) is 0 Å². The smallest absolute Gasteiger partial charge is 0.387 e. The predicted molar refractivity (Wildman–Crippen MR) is 100 cm³/mol. The van der Waals surface area contributed by atoms with Crippen molar-refractivity contribution in [2.24, 2.45) is 0 Å². The first-order chi connectivity index (χ1) is 13.4. The molecule has 0 bridgehead atoms. The summed E-state index contributed by atoms with van der Waals surface area (Å²) in [5, 5.41) is 4.50. The fourth-order valence-electron chi connectivity index (χ4n) is 3.55. The SMILES string of the molecule is Cc1cc(-c2cnn3c2C=C(c2cc(F)cc(OC(F)F)c2)C[C@@H]3C)ccn1. The van der Waals surface area contributed by atoms with Gasteiger partial charge in [-0.3, -0.25) is 9.67 Å². The van der Waals surface area contributed by atoms with Crippen molar-refractivity contribution >= 4 is 11.6 Å². The third-order valence-corrected chi connectivity index (χ3v) is 4.75. The zero-order valence-corrected chi connectivity index (χ0v) is 15.4. The van der Waals surface area contributed by atoms with Crippen LogP contribution in [0, 0.1) is 12.7 Å². The molecule has 3 heterocycles. The highest BCUT2D eigenvalue weighted by Gasteiger charge is 2.23. The van der Waals surface area contributed by atoms with Crippen molar-refractivity contribution in [1.82, 2.24) is 14.8 Å². The molecule has 0 amide bonds. The Morgan fingerprint density at radius 3 is 2.75 bits per heavy atom. The summed E-state index contributed by atoms with van der Waals surface area (Å²) < 4.78 is 45.4. The Kier molecular flexibility index (Phi) is 4.66. The first-order valence-corrected chi connectivity index (χ1v) is 8.87. The quantitative estimate of drug-likeness (QED) is 0.595. The molecular formula is C21H18F3N3O. The molecule has 3 aromatic rings. The average molecular weight is 385 g/mol. The number of pyridine rings is 1. The first-order valence-electron chi connectivity index (χ1n) is 8.87. The van der Waals surface area contributed by atoms with E-state index in [0.717, 1.165) is 34.2 Å². The number of aromatic nitrogens is 3. The summed E-state index contributed by atoms with van der Waals surface area (Å²) >= 11 is 0. The third-order valence-electron chi connectivity index (χ3n) is 4.75. The molecule has 28 heavy (non-hydrogen) atoms. The second kappa shape index (κ2) is 7.14. The van der Waals surface area contributed by atoms with Crippen molar-refractivity contribution in [2.45, 2.75) is 32.9 Å². The second-order valence-corrected chi connectivity index (χ2v) is 6.85. The molecule has 7 heteroatoms. The van der Waals surface area contributed by atoms with Crippen LogP contribution < -0.4 is 4.74 Å². The summed E-state index contributed by atoms with van der Waals surface area (Å²) in [6.45, 7) is 0.929. The number of alkyl halides is 2. The Balaban J connectivity index is 1.80. The Hall–Kier alpha value is -3.09. The van der Waals surface area contributed by atoms with Crippen molar-refractivity contribution in [3.05, 3.63) is 65.5 Å². The summed E-state index contributed by atoms with van der Waals surface area (Å²) in [4.78, 5) is 4.22. The number of allylic oxidation sites excluding steroid dienone is 1. The number of hydrogen-bond donors (Lipinski definition) is 0. The van der Waals surface area contributed by atoms with Crippen LogP contribution in [-0.2, 0) is 0 Å². The van der Waals surface area contributed by atoms with E-state index in [9.17, 15) is 13.2 Å². The van der Waals surface area contributed by atoms with Gasteiger partial charge in [-0.05, 0) is 67.3 Å². The normalized spacial score (nSPS) is 16.1. The zero-order valence-electron chi connectivity index (χ0n) is 15.4. The summed E-state index contributed by atoms with van der Waals surface area (Å²) in [6, 6.07) is 7.65. The van der Waals surface area contributed by atoms with Crippen molar-refractivity contribution in [1.29, 1.82) is 0 Å². The molecule has 0 radical (unpaired) electrons. The maximum absolute atomic E-state index is 14.0. The molecule has 0 N–H and O–H groups in total. The van der Waals surface area contributed by atoms with E-state index in [2.05, 4.69) is 14.8 Å². The van der Waals surface area contributed by atoms with Gasteiger partial charge < -0.3 is 4.74 Å². The fraction of sp³-hybridized carbons (Fsp3) is 0.238. The Labute approximate surface area is 160 Å². The lowest BCUT2D eigenvalue weighted by molar-refractivity contribution is -0.0500. The van der Waals surface area contributed by atoms with Crippen LogP contribution in [-0.4, -0.2) is 21.4 Å². The largest absolute Gasteiger partial charge is 0.435 e. The first kappa shape index (κ1) is 18.3. The van der Waals surface area contributed by atoms with E-state index in [0.29, 0.717) is 12.0 Å². The van der Waals surface area contributed by atoms with Crippen LogP contribution in [0.25, 0.3) is 22.8 Å². The Bertz CT molecular complexity index is 1060. The number of hydrogen-bond acceptors (Lipinski definition) is 3. The minimum Gasteiger partial charge on any atom is -0.435 e. The van der Waals surface area contributed by atoms with Gasteiger partial charge in [0.1, 0.15) is 11.6 Å². The van der Waals surface area contributed by atoms with E-state index >= 15 is 0 Å². The lowest BCUT2D eigenvalue weighted by Gasteiger charge is -2.23. The standard InChI is InChI=1S/C21H18F3N3O/c1-12-5-14(3-4-25-12)19-11-26-27-13(2)6-15(9-20(19)27)16-7-17(22)10-18(8-16)28-21(23)24/h3-5,7-11,13,21H,6H2,1-2H3/t13-/m0/s1. The minimum atomic E-state index is -3.00. The number of ether oxygens (including phenoxy) is 1. The molecule has 1 aliphatic heterocycles. The van der Waals surface area contributed by atoms with Crippen LogP contribution in [0.1, 0.15) is 36.3 Å². The summed E-state index contributed by atoms with van der Waals surface area (Å²) in [5.41, 5.74) is 5.07. The maximum Gasteiger partial charge on any atom is 0.387 e. The van der Waals surface area contributed by atoms with Crippen LogP contribution in [0.3, 0.4) is 0 Å². The van der Waals surface area contributed by atoms with Gasteiger partial charge in [-0.25, -0.2) is 4.39 Å². The van der Waals surface area contributed by atoms with Gasteiger partial charge in [-0.1, -0.05) is 0 Å². The number of aryl methyl sites for hydroxylation is 1. The van der Waals surface area contributed by atoms with Gasteiger partial charge in [0.25, 0.3) is 0 Å². The van der Waals surface area contributed by atoms with Crippen LogP contribution in [0.5, 0.6) is 5.75 Å². The predicted octanol–water partition coefficient (Wildman–Crippen LogP) is 5.50. The number of halogens is 3. The van der Waals surface area contributed by atoms with Gasteiger partial charge in [0.05, 0.1) is 17.9 Å². The van der Waals surface area contributed by atoms with Crippen LogP contribution >= 0.6 is 0 Å². The zero-order chi connectivity index (χ0) is 19.8. The average Bonchev–Trinajstić information content (AvgIpc) is 3.05. The monoisotopic (exact) mass is 385 g/mol. The lowest BCUT2D eigenvalue weighted by atomic mass is 9.93. The lowest BCUT2D eigenvalue weighted by Crippen LogP contribution is -2.14. The summed E-state index contributed by atoms with van der Waals surface area (Å²) in [6.07, 6.45) is 6.07. The molecule has 4 rings (SSSR count). The highest BCUT2D eigenvalue weighted by Crippen LogP contribution is 2.38. The van der Waals surface area contributed by atoms with Crippen molar-refractivity contribution in [2.75, 3.05) is 0 Å². The minimum absolute atomic E-state index is 0.0365. The van der Waals surface area contributed by atoms with Gasteiger partial charge in [-0.15, -0.1) is 0 Å². The van der Waals surface area contributed by atoms with Crippen molar-refractivity contribution < 1.29 is 17.9 Å². The highest BCUT2D eigenvalue weighted by molar-refractivity contribution is 5.87. The molecule has 1 atom stereocenters. The van der Waals surface area contributed by atoms with Crippen molar-refractivity contribution in [3.63, 3.8) is 0 Å². The molecule has 0 saturated heterocycles. The summed E-state index contributed by atoms with van der Waals surface area (Å²) in [7, 11) is 0. The number of rotatable bonds is 4. The van der Waals surface area contributed by atoms with E-state index in [1.807, 2.05) is 36.7 Å². The van der Waals surface area contributed by atoms with Gasteiger partial charge in [0.2, 0.25) is 0 Å². The number of nitrogens with zero attached hydrogens (tertiary/aromatic N) is 3. The van der Waals surface area contributed by atoms with Crippen LogP contribution in [0.2, 0.25) is 0 Å². The number of fused-ring (bicyclic) bond motifs is 1. The van der Waals surface area contributed by atoms with Gasteiger partial charge in [0, 0.05) is 23.5 Å². The van der Waals surface area contributed by atoms with E-state index in [1.54, 1.807) is 12.4 Å². The fourth-order valence-corrected chi connectivity index (χ4v) is 3.55. The second-order valence-electron chi connectivity index (χ2n) is 6.85. The molecule has 2 aromatic heterocycles. The molecule has 1 aliphatic rings. The molecule has 0 saturated carbocycles. The topological polar surface area (TPSA) is 39.9 Å². The van der Waals surface area contributed by atoms with E-state index < -0.39 is 12.4 Å². The molecule has 0 unspecified atom stereocenters. The van der Waals surface area contributed by atoms with E-state index in [-0.39, 0.29) is 11.8 Å². The molecule has 0 aliphatic carbocycles. The van der Waals surface area contributed by atoms with Crippen LogP contribution in [0.15, 0.2) is 42.7 Å². The molecule has 144 valence electrons. The van der Waals surface area contributed by atoms with Gasteiger partial charge >= 0.3 is 6.61 Å². The van der Waals surface area contributed by atoms with Gasteiger partial charge in [-0.2, -0.15) is 13.9 Å². The maximum atomic E-state index is 14.0.